The highest BCUT2D eigenvalue weighted by Crippen LogP contribution is 2.35. The number of hydrogen-bond acceptors (Lipinski definition) is 32. The Labute approximate surface area is 602 Å². The summed E-state index contributed by atoms with van der Waals surface area (Å²) in [6, 6.07) is 2.26. The van der Waals surface area contributed by atoms with Crippen molar-refractivity contribution in [3.05, 3.63) is 92.7 Å². The second kappa shape index (κ2) is 39.1. The maximum atomic E-state index is 15.2. The minimum absolute atomic E-state index is 0. The average Bonchev–Trinajstić information content (AvgIpc) is 1.66. The van der Waals surface area contributed by atoms with Crippen LogP contribution in [0.4, 0.5) is 10.6 Å². The molecule has 39 nitrogen and oxygen atoms in total. The molecule has 0 spiro atoms. The number of thiazole rings is 2. The van der Waals surface area contributed by atoms with E-state index >= 15 is 4.79 Å². The first-order valence-corrected chi connectivity index (χ1v) is 33.9. The van der Waals surface area contributed by atoms with Crippen molar-refractivity contribution in [1.82, 2.24) is 67.1 Å². The van der Waals surface area contributed by atoms with Gasteiger partial charge in [0.2, 0.25) is 29.5 Å². The zero-order valence-corrected chi connectivity index (χ0v) is 58.8. The van der Waals surface area contributed by atoms with Crippen LogP contribution < -0.4 is 65.9 Å². The lowest BCUT2D eigenvalue weighted by Gasteiger charge is -2.47. The highest BCUT2D eigenvalue weighted by Gasteiger charge is 2.54. The van der Waals surface area contributed by atoms with Crippen LogP contribution in [0.15, 0.2) is 53.6 Å². The van der Waals surface area contributed by atoms with Crippen LogP contribution in [0.5, 0.6) is 0 Å². The number of aromatic nitrogens is 6. The number of nitrogens with one attached hydrogen (secondary N) is 8. The Morgan fingerprint density at radius 1 is 0.738 bits per heavy atom. The molecular formula is C61H89ClN18O21S2. The quantitative estimate of drug-likeness (QED) is 0.0165. The van der Waals surface area contributed by atoms with Gasteiger partial charge < -0.3 is 135 Å². The number of primary amides is 3. The first kappa shape index (κ1) is 83.8. The van der Waals surface area contributed by atoms with Crippen LogP contribution in [0.1, 0.15) is 107 Å². The van der Waals surface area contributed by atoms with Crippen molar-refractivity contribution < 1.29 is 103 Å². The van der Waals surface area contributed by atoms with Gasteiger partial charge in [0.25, 0.3) is 11.8 Å². The number of aliphatic hydroxyl groups is 8. The third kappa shape index (κ3) is 22.4. The van der Waals surface area contributed by atoms with Gasteiger partial charge in [0.1, 0.15) is 94.6 Å². The number of halogens is 1. The molecule has 8 amide bonds. The highest BCUT2D eigenvalue weighted by atomic mass is 35.5. The lowest BCUT2D eigenvalue weighted by Crippen LogP contribution is -2.65. The standard InChI is InChI=1S/C61H88N18O21S2.ClH/c1-24-39(76-52(79-50(24)64)31(16-37(63)83)71-17-30(62)51(65)89)56(93)78-41(47(32-18-67-23-72-32)98-60-49(45(87)43(85)35(19-80)97-60)99-59-46(88)48(100-61(66)95)44(86)36(20-81)96-59)57(94)73-27(4)42(84)25(2)53(90)77-40(28(5)82)55(92)70-15-12-38-74-34(22-101-38)58-75-33(21-102-58)54(91)69-14-9-13-68-26(3)29-10-7-6-8-11-29;/h6-8,10-11,18,21-23,25-28,30-31,35-36,40-49,59-60,68,71,80-82,84-88H,9,12-17,19-20,62H2,1-5H3,(H2,63,83)(H2,65,89)(H2,66,95)(H,67,72)(H,69,91)(H,70,92)(H,73,94)(H,77,90)(H,78,93)(H2,64,76,79);1H/t25-,26-,27+,28+,30-,31-,35-,36+,40-,41-,42-,43+,44+,45-,46-,47-,48-,49-,59+,60-;/m0./s1. The summed E-state index contributed by atoms with van der Waals surface area (Å²) >= 11 is 2.50. The van der Waals surface area contributed by atoms with Crippen LogP contribution in [-0.2, 0) is 54.1 Å². The summed E-state index contributed by atoms with van der Waals surface area (Å²) in [5.41, 5.74) is 29.2. The van der Waals surface area contributed by atoms with Crippen LogP contribution in [0.3, 0.4) is 0 Å². The van der Waals surface area contributed by atoms with E-state index in [2.05, 4.69) is 74.0 Å². The van der Waals surface area contributed by atoms with E-state index in [1.807, 2.05) is 30.3 Å². The highest BCUT2D eigenvalue weighted by molar-refractivity contribution is 7.14. The molecule has 26 N–H and O–H groups in total. The normalized spacial score (nSPS) is 23.3. The summed E-state index contributed by atoms with van der Waals surface area (Å²) in [5.74, 6) is -8.75. The number of benzene rings is 1. The Hall–Kier alpha value is -8.18. The lowest BCUT2D eigenvalue weighted by molar-refractivity contribution is -0.372. The number of rotatable bonds is 37. The van der Waals surface area contributed by atoms with Crippen molar-refractivity contribution in [3.63, 3.8) is 0 Å². The third-order valence-corrected chi connectivity index (χ3v) is 18.4. The second-order valence-corrected chi connectivity index (χ2v) is 26.0. The molecule has 2 aliphatic heterocycles. The molecule has 5 aromatic rings. The number of ether oxygens (including phenoxy) is 5. The molecule has 1 aromatic carbocycles. The number of carbonyl (C=O) groups is 8. The molecule has 0 radical (unpaired) electrons. The minimum Gasteiger partial charge on any atom is -0.441 e. The number of anilines is 1. The second-order valence-electron chi connectivity index (χ2n) is 24.2. The molecule has 7 rings (SSSR count). The van der Waals surface area contributed by atoms with Crippen LogP contribution in [-0.4, -0.2) is 255 Å². The van der Waals surface area contributed by atoms with Gasteiger partial charge in [-0.2, -0.15) is 0 Å². The van der Waals surface area contributed by atoms with Crippen LogP contribution in [0.25, 0.3) is 10.7 Å². The molecule has 2 aliphatic rings. The molecule has 20 atom stereocenters. The van der Waals surface area contributed by atoms with Gasteiger partial charge >= 0.3 is 6.09 Å². The van der Waals surface area contributed by atoms with Gasteiger partial charge in [0.15, 0.2) is 18.7 Å². The van der Waals surface area contributed by atoms with E-state index in [0.717, 1.165) is 18.1 Å². The van der Waals surface area contributed by atoms with Gasteiger partial charge in [-0.05, 0) is 46.2 Å². The van der Waals surface area contributed by atoms with Gasteiger partial charge in [-0.25, -0.2) is 29.7 Å². The summed E-state index contributed by atoms with van der Waals surface area (Å²) in [4.78, 5) is 131. The summed E-state index contributed by atoms with van der Waals surface area (Å²) in [7, 11) is 0. The molecule has 0 unspecified atom stereocenters. The van der Waals surface area contributed by atoms with Crippen LogP contribution >= 0.6 is 35.1 Å². The number of carbonyl (C=O) groups excluding carboxylic acids is 8. The predicted molar refractivity (Wildman–Crippen MR) is 365 cm³/mol. The summed E-state index contributed by atoms with van der Waals surface area (Å²) in [6.07, 6.45) is -24.5. The Morgan fingerprint density at radius 2 is 1.43 bits per heavy atom. The van der Waals surface area contributed by atoms with Gasteiger partial charge in [0, 0.05) is 54.8 Å². The maximum absolute atomic E-state index is 15.2. The number of amides is 8. The molecule has 4 aromatic heterocycles. The SMILES string of the molecule is Cc1c(N)nc([C@H](CC(N)=O)NC[C@H](N)C(N)=O)nc1C(=O)N[C@H](C(=O)N[C@H](C)[C@@H](O)[C@H](C)C(=O)N[C@H](C(=O)NCCc1nc(-c2nc(C(=O)NCCCN[C@@H](C)c3ccccc3)cs2)cs1)[C@@H](C)O)[C@@H](O[C@@H]1O[C@@H](CO)[C@@H](O)[C@H](O)[C@@H]1O[C@H]1O[C@H](CO)[C@@H](O)[C@H](OC(N)=O)[C@@H]1O)c1cnc[nH]1.Cl. The monoisotopic (exact) mass is 1510 g/mol. The Balaban J connectivity index is 0.0000167. The fourth-order valence-electron chi connectivity index (χ4n) is 10.7. The van der Waals surface area contributed by atoms with Gasteiger partial charge in [-0.15, -0.1) is 35.1 Å². The van der Waals surface area contributed by atoms with Crippen molar-refractivity contribution in [1.29, 1.82) is 0 Å². The number of nitrogens with zero attached hydrogens (tertiary/aromatic N) is 5. The molecule has 6 heterocycles. The van der Waals surface area contributed by atoms with Gasteiger partial charge in [-0.3, -0.25) is 33.6 Å². The van der Waals surface area contributed by atoms with E-state index in [1.165, 1.54) is 50.4 Å². The van der Waals surface area contributed by atoms with Gasteiger partial charge in [-0.1, -0.05) is 37.3 Å². The topological polar surface area (TPSA) is 639 Å². The summed E-state index contributed by atoms with van der Waals surface area (Å²) in [6.45, 7) is 5.81. The van der Waals surface area contributed by atoms with E-state index in [4.69, 9.17) is 52.4 Å². The zero-order valence-electron chi connectivity index (χ0n) is 56.3. The number of nitrogen functional groups attached to an aromatic ring is 1. The number of nitrogens with two attached hydrogens (primary N) is 5. The third-order valence-electron chi connectivity index (χ3n) is 16.7. The number of aliphatic hydroxyl groups excluding tert-OH is 8. The molecule has 42 heteroatoms. The van der Waals surface area contributed by atoms with E-state index in [9.17, 15) is 74.4 Å². The van der Waals surface area contributed by atoms with Crippen molar-refractivity contribution in [2.24, 2.45) is 28.9 Å². The predicted octanol–water partition coefficient (Wildman–Crippen LogP) is -5.81. The lowest BCUT2D eigenvalue weighted by atomic mass is 9.96. The fraction of sp³-hybridized carbons (Fsp3) is 0.557. The van der Waals surface area contributed by atoms with E-state index in [0.29, 0.717) is 35.2 Å². The van der Waals surface area contributed by atoms with Crippen LogP contribution in [0.2, 0.25) is 0 Å². The fourth-order valence-corrected chi connectivity index (χ4v) is 12.3. The van der Waals surface area contributed by atoms with Crippen molar-refractivity contribution in [2.45, 2.75) is 170 Å². The number of aromatic amines is 1. The van der Waals surface area contributed by atoms with Crippen LogP contribution in [0, 0.1) is 12.8 Å². The minimum atomic E-state index is -2.20. The average molecular weight is 1510 g/mol. The maximum Gasteiger partial charge on any atom is 0.404 e. The Bertz CT molecular complexity index is 3630. The molecule has 2 saturated heterocycles. The number of imidazole rings is 1. The number of hydrogen-bond donors (Lipinski definition) is 21. The molecule has 103 heavy (non-hydrogen) atoms. The Morgan fingerprint density at radius 3 is 2.07 bits per heavy atom. The first-order valence-electron chi connectivity index (χ1n) is 32.2. The van der Waals surface area contributed by atoms with Crippen molar-refractivity contribution in [2.75, 3.05) is 45.1 Å². The summed E-state index contributed by atoms with van der Waals surface area (Å²) in [5, 5.41) is 112. The first-order chi connectivity index (χ1) is 48.4. The molecule has 0 aliphatic carbocycles. The summed E-state index contributed by atoms with van der Waals surface area (Å²) < 4.78 is 28.8. The molecule has 568 valence electrons. The zero-order chi connectivity index (χ0) is 74.8. The van der Waals surface area contributed by atoms with E-state index in [-0.39, 0.29) is 72.5 Å². The van der Waals surface area contributed by atoms with Gasteiger partial charge in [0.05, 0.1) is 72.7 Å². The molecule has 0 bridgehead atoms. The molecular weight excluding hydrogens is 1420 g/mol. The smallest absolute Gasteiger partial charge is 0.404 e. The molecule has 0 saturated carbocycles. The molecule has 2 fully saturated rings. The van der Waals surface area contributed by atoms with Crippen molar-refractivity contribution >= 4 is 88.3 Å². The number of H-pyrrole nitrogens is 1. The van der Waals surface area contributed by atoms with E-state index in [1.54, 1.807) is 10.8 Å². The van der Waals surface area contributed by atoms with E-state index < -0.39 is 183 Å². The van der Waals surface area contributed by atoms with Crippen molar-refractivity contribution in [3.8, 4) is 10.7 Å². The largest absolute Gasteiger partial charge is 0.441 e. The Kier molecular flexibility index (Phi) is 31.8.